The minimum atomic E-state index is -0.378. The molecule has 2 aromatic rings. The third kappa shape index (κ3) is 5.44. The van der Waals surface area contributed by atoms with Gasteiger partial charge in [-0.25, -0.2) is 9.18 Å². The quantitative estimate of drug-likeness (QED) is 0.801. The van der Waals surface area contributed by atoms with Crippen LogP contribution in [0.15, 0.2) is 48.5 Å². The van der Waals surface area contributed by atoms with Gasteiger partial charge in [0.1, 0.15) is 11.6 Å². The van der Waals surface area contributed by atoms with Gasteiger partial charge in [0.25, 0.3) is 0 Å². The molecular formula is C21H26FN3O2. The van der Waals surface area contributed by atoms with Crippen LogP contribution in [0.5, 0.6) is 5.75 Å². The molecule has 1 unspecified atom stereocenters. The molecule has 2 amide bonds. The lowest BCUT2D eigenvalue weighted by atomic mass is 10.0. The maximum absolute atomic E-state index is 13.3. The van der Waals surface area contributed by atoms with Crippen molar-refractivity contribution in [1.82, 2.24) is 10.2 Å². The number of urea groups is 1. The molecule has 1 aliphatic heterocycles. The molecule has 1 saturated heterocycles. The SMILES string of the molecule is COc1ccc(C(CNC(=O)Nc2cccc(F)c2)N2CCCCC2)cc1. The highest BCUT2D eigenvalue weighted by Gasteiger charge is 2.23. The van der Waals surface area contributed by atoms with E-state index in [0.717, 1.165) is 24.4 Å². The Bertz CT molecular complexity index is 745. The molecule has 1 fully saturated rings. The average Bonchev–Trinajstić information content (AvgIpc) is 2.69. The van der Waals surface area contributed by atoms with Crippen molar-refractivity contribution in [3.05, 3.63) is 59.9 Å². The smallest absolute Gasteiger partial charge is 0.319 e. The number of carbonyl (C=O) groups excluding carboxylic acids is 1. The average molecular weight is 371 g/mol. The van der Waals surface area contributed by atoms with Crippen LogP contribution in [0.3, 0.4) is 0 Å². The van der Waals surface area contributed by atoms with E-state index in [4.69, 9.17) is 4.74 Å². The lowest BCUT2D eigenvalue weighted by Gasteiger charge is -2.35. The molecule has 0 saturated carbocycles. The standard InChI is InChI=1S/C21H26FN3O2/c1-27-19-10-8-16(9-11-19)20(25-12-3-2-4-13-25)15-23-21(26)24-18-7-5-6-17(22)14-18/h5-11,14,20H,2-4,12-13,15H2,1H3,(H2,23,24,26). The summed E-state index contributed by atoms with van der Waals surface area (Å²) in [4.78, 5) is 14.7. The Balaban J connectivity index is 1.65. The summed E-state index contributed by atoms with van der Waals surface area (Å²) in [5.74, 6) is 0.435. The molecule has 1 atom stereocenters. The number of likely N-dealkylation sites (tertiary alicyclic amines) is 1. The molecule has 0 spiro atoms. The zero-order valence-electron chi connectivity index (χ0n) is 15.6. The van der Waals surface area contributed by atoms with Crippen LogP contribution in [0, 0.1) is 5.82 Å². The largest absolute Gasteiger partial charge is 0.497 e. The molecule has 0 aliphatic carbocycles. The van der Waals surface area contributed by atoms with Gasteiger partial charge in [0.2, 0.25) is 0 Å². The van der Waals surface area contributed by atoms with Crippen LogP contribution >= 0.6 is 0 Å². The number of rotatable bonds is 6. The van der Waals surface area contributed by atoms with E-state index in [0.29, 0.717) is 12.2 Å². The van der Waals surface area contributed by atoms with Crippen LogP contribution in [0.4, 0.5) is 14.9 Å². The molecular weight excluding hydrogens is 345 g/mol. The molecule has 0 bridgehead atoms. The van der Waals surface area contributed by atoms with Gasteiger partial charge in [0.15, 0.2) is 0 Å². The second kappa shape index (κ2) is 9.37. The van der Waals surface area contributed by atoms with Crippen LogP contribution in [0.1, 0.15) is 30.9 Å². The first-order valence-electron chi connectivity index (χ1n) is 9.34. The first-order chi connectivity index (χ1) is 13.2. The minimum Gasteiger partial charge on any atom is -0.497 e. The van der Waals surface area contributed by atoms with Crippen molar-refractivity contribution >= 4 is 11.7 Å². The Labute approximate surface area is 159 Å². The number of methoxy groups -OCH3 is 1. The first kappa shape index (κ1) is 19.2. The van der Waals surface area contributed by atoms with Gasteiger partial charge in [0.05, 0.1) is 13.2 Å². The number of hydrogen-bond donors (Lipinski definition) is 2. The Morgan fingerprint density at radius 3 is 2.56 bits per heavy atom. The molecule has 2 N–H and O–H groups in total. The normalized spacial score (nSPS) is 15.8. The molecule has 1 heterocycles. The van der Waals surface area contributed by atoms with Crippen molar-refractivity contribution in [3.63, 3.8) is 0 Å². The predicted molar refractivity (Wildman–Crippen MR) is 105 cm³/mol. The van der Waals surface area contributed by atoms with Gasteiger partial charge in [-0.15, -0.1) is 0 Å². The number of amides is 2. The van der Waals surface area contributed by atoms with E-state index in [1.54, 1.807) is 19.2 Å². The van der Waals surface area contributed by atoms with Gasteiger partial charge < -0.3 is 15.4 Å². The second-order valence-electron chi connectivity index (χ2n) is 6.73. The molecule has 6 heteroatoms. The highest BCUT2D eigenvalue weighted by atomic mass is 19.1. The molecule has 3 rings (SSSR count). The minimum absolute atomic E-state index is 0.0921. The Morgan fingerprint density at radius 1 is 1.15 bits per heavy atom. The number of halogens is 1. The Hall–Kier alpha value is -2.60. The molecule has 0 radical (unpaired) electrons. The fourth-order valence-electron chi connectivity index (χ4n) is 3.44. The summed E-state index contributed by atoms with van der Waals surface area (Å²) in [7, 11) is 1.65. The number of benzene rings is 2. The number of piperidine rings is 1. The van der Waals surface area contributed by atoms with Crippen LogP contribution in [-0.4, -0.2) is 37.7 Å². The van der Waals surface area contributed by atoms with Crippen molar-refractivity contribution in [1.29, 1.82) is 0 Å². The van der Waals surface area contributed by atoms with Gasteiger partial charge in [0, 0.05) is 12.2 Å². The van der Waals surface area contributed by atoms with Crippen LogP contribution in [0.25, 0.3) is 0 Å². The van der Waals surface area contributed by atoms with Crippen LogP contribution < -0.4 is 15.4 Å². The summed E-state index contributed by atoms with van der Waals surface area (Å²) in [6.45, 7) is 2.52. The summed E-state index contributed by atoms with van der Waals surface area (Å²) in [6, 6.07) is 13.6. The Morgan fingerprint density at radius 2 is 1.89 bits per heavy atom. The number of carbonyl (C=O) groups is 1. The maximum Gasteiger partial charge on any atom is 0.319 e. The third-order valence-corrected chi connectivity index (χ3v) is 4.87. The van der Waals surface area contributed by atoms with Crippen molar-refractivity contribution in [2.75, 3.05) is 32.1 Å². The van der Waals surface area contributed by atoms with Gasteiger partial charge >= 0.3 is 6.03 Å². The van der Waals surface area contributed by atoms with Crippen molar-refractivity contribution in [3.8, 4) is 5.75 Å². The molecule has 27 heavy (non-hydrogen) atoms. The highest BCUT2D eigenvalue weighted by molar-refractivity contribution is 5.89. The first-order valence-corrected chi connectivity index (χ1v) is 9.34. The van der Waals surface area contributed by atoms with Gasteiger partial charge in [-0.3, -0.25) is 4.90 Å². The van der Waals surface area contributed by atoms with Crippen LogP contribution in [-0.2, 0) is 0 Å². The molecule has 5 nitrogen and oxygen atoms in total. The Kier molecular flexibility index (Phi) is 6.65. The number of nitrogens with one attached hydrogen (secondary N) is 2. The fraction of sp³-hybridized carbons (Fsp3) is 0.381. The number of hydrogen-bond acceptors (Lipinski definition) is 3. The fourth-order valence-corrected chi connectivity index (χ4v) is 3.44. The summed E-state index contributed by atoms with van der Waals surface area (Å²) >= 11 is 0. The predicted octanol–water partition coefficient (Wildman–Crippen LogP) is 4.18. The lowest BCUT2D eigenvalue weighted by molar-refractivity contribution is 0.161. The topological polar surface area (TPSA) is 53.6 Å². The van der Waals surface area contributed by atoms with Crippen molar-refractivity contribution in [2.24, 2.45) is 0 Å². The zero-order chi connectivity index (χ0) is 19.1. The van der Waals surface area contributed by atoms with E-state index in [1.807, 2.05) is 24.3 Å². The van der Waals surface area contributed by atoms with E-state index >= 15 is 0 Å². The summed E-state index contributed by atoms with van der Waals surface area (Å²) in [6.07, 6.45) is 3.59. The van der Waals surface area contributed by atoms with Crippen molar-refractivity contribution < 1.29 is 13.9 Å². The van der Waals surface area contributed by atoms with E-state index < -0.39 is 0 Å². The van der Waals surface area contributed by atoms with E-state index in [1.165, 1.54) is 31.4 Å². The number of ether oxygens (including phenoxy) is 1. The maximum atomic E-state index is 13.3. The van der Waals surface area contributed by atoms with Crippen LogP contribution in [0.2, 0.25) is 0 Å². The summed E-state index contributed by atoms with van der Waals surface area (Å²) in [5, 5.41) is 5.61. The molecule has 2 aromatic carbocycles. The molecule has 1 aliphatic rings. The third-order valence-electron chi connectivity index (χ3n) is 4.87. The molecule has 144 valence electrons. The van der Waals surface area contributed by atoms with Gasteiger partial charge in [-0.1, -0.05) is 24.6 Å². The van der Waals surface area contributed by atoms with E-state index in [-0.39, 0.29) is 17.9 Å². The van der Waals surface area contributed by atoms with Crippen molar-refractivity contribution in [2.45, 2.75) is 25.3 Å². The summed E-state index contributed by atoms with van der Waals surface area (Å²) in [5.41, 5.74) is 1.58. The lowest BCUT2D eigenvalue weighted by Crippen LogP contribution is -2.41. The monoisotopic (exact) mass is 371 g/mol. The van der Waals surface area contributed by atoms with E-state index in [9.17, 15) is 9.18 Å². The summed E-state index contributed by atoms with van der Waals surface area (Å²) < 4.78 is 18.5. The highest BCUT2D eigenvalue weighted by Crippen LogP contribution is 2.26. The van der Waals surface area contributed by atoms with Gasteiger partial charge in [-0.2, -0.15) is 0 Å². The number of anilines is 1. The molecule has 0 aromatic heterocycles. The zero-order valence-corrected chi connectivity index (χ0v) is 15.6. The van der Waals surface area contributed by atoms with Gasteiger partial charge in [-0.05, 0) is 61.8 Å². The number of nitrogens with zero attached hydrogens (tertiary/aromatic N) is 1. The second-order valence-corrected chi connectivity index (χ2v) is 6.73. The van der Waals surface area contributed by atoms with E-state index in [2.05, 4.69) is 15.5 Å².